The smallest absolute Gasteiger partial charge is 0.236 e. The second kappa shape index (κ2) is 4.65. The first kappa shape index (κ1) is 11.1. The van der Waals surface area contributed by atoms with E-state index < -0.39 is 0 Å². The second-order valence-corrected chi connectivity index (χ2v) is 4.32. The van der Waals surface area contributed by atoms with E-state index in [0.29, 0.717) is 12.5 Å². The lowest BCUT2D eigenvalue weighted by molar-refractivity contribution is -0.129. The maximum Gasteiger partial charge on any atom is 0.236 e. The standard InChI is InChI=1S/C11H18N4O/c1-8-5-13-14-11(8)9-3-4-15(7-9)10(16)6-12-2/h5,9,12H,3-4,6-7H2,1-2H3,(H,13,14). The van der Waals surface area contributed by atoms with Crippen LogP contribution < -0.4 is 5.32 Å². The molecule has 0 spiro atoms. The van der Waals surface area contributed by atoms with Crippen LogP contribution >= 0.6 is 0 Å². The van der Waals surface area contributed by atoms with Crippen LogP contribution in [0.5, 0.6) is 0 Å². The molecular formula is C11H18N4O. The summed E-state index contributed by atoms with van der Waals surface area (Å²) in [5.41, 5.74) is 2.37. The molecule has 16 heavy (non-hydrogen) atoms. The molecule has 1 fully saturated rings. The second-order valence-electron chi connectivity index (χ2n) is 4.32. The number of rotatable bonds is 3. The van der Waals surface area contributed by atoms with Crippen molar-refractivity contribution in [1.82, 2.24) is 20.4 Å². The van der Waals surface area contributed by atoms with Gasteiger partial charge in [0.25, 0.3) is 0 Å². The van der Waals surface area contributed by atoms with Gasteiger partial charge in [-0.15, -0.1) is 0 Å². The van der Waals surface area contributed by atoms with E-state index in [9.17, 15) is 4.79 Å². The van der Waals surface area contributed by atoms with Gasteiger partial charge in [0.1, 0.15) is 0 Å². The molecule has 0 saturated carbocycles. The van der Waals surface area contributed by atoms with Crippen LogP contribution in [0.1, 0.15) is 23.6 Å². The fraction of sp³-hybridized carbons (Fsp3) is 0.636. The Hall–Kier alpha value is -1.36. The summed E-state index contributed by atoms with van der Waals surface area (Å²) in [7, 11) is 1.80. The predicted molar refractivity (Wildman–Crippen MR) is 61.2 cm³/mol. The number of hydrogen-bond acceptors (Lipinski definition) is 3. The summed E-state index contributed by atoms with van der Waals surface area (Å²) in [4.78, 5) is 13.6. The molecular weight excluding hydrogens is 204 g/mol. The van der Waals surface area contributed by atoms with Crippen LogP contribution in [-0.2, 0) is 4.79 Å². The highest BCUT2D eigenvalue weighted by Crippen LogP contribution is 2.27. The molecule has 2 heterocycles. The molecule has 1 saturated heterocycles. The molecule has 5 nitrogen and oxygen atoms in total. The minimum Gasteiger partial charge on any atom is -0.341 e. The van der Waals surface area contributed by atoms with E-state index in [1.54, 1.807) is 7.05 Å². The molecule has 2 rings (SSSR count). The number of likely N-dealkylation sites (N-methyl/N-ethyl adjacent to an activating group) is 1. The number of carbonyl (C=O) groups excluding carboxylic acids is 1. The zero-order valence-corrected chi connectivity index (χ0v) is 9.79. The van der Waals surface area contributed by atoms with Gasteiger partial charge < -0.3 is 10.2 Å². The third-order valence-electron chi connectivity index (χ3n) is 3.15. The van der Waals surface area contributed by atoms with Crippen LogP contribution in [0.2, 0.25) is 0 Å². The molecule has 1 unspecified atom stereocenters. The van der Waals surface area contributed by atoms with E-state index >= 15 is 0 Å². The Bertz CT molecular complexity index is 374. The topological polar surface area (TPSA) is 61.0 Å². The first-order valence-corrected chi connectivity index (χ1v) is 5.64. The largest absolute Gasteiger partial charge is 0.341 e. The Kier molecular flexibility index (Phi) is 3.24. The van der Waals surface area contributed by atoms with E-state index in [2.05, 4.69) is 22.4 Å². The molecule has 1 aliphatic heterocycles. The van der Waals surface area contributed by atoms with Crippen molar-refractivity contribution in [2.45, 2.75) is 19.3 Å². The number of likely N-dealkylation sites (tertiary alicyclic amines) is 1. The van der Waals surface area contributed by atoms with E-state index in [1.165, 1.54) is 11.3 Å². The van der Waals surface area contributed by atoms with Crippen molar-refractivity contribution in [1.29, 1.82) is 0 Å². The van der Waals surface area contributed by atoms with Gasteiger partial charge in [0.2, 0.25) is 5.91 Å². The summed E-state index contributed by atoms with van der Waals surface area (Å²) >= 11 is 0. The summed E-state index contributed by atoms with van der Waals surface area (Å²) in [5.74, 6) is 0.602. The zero-order chi connectivity index (χ0) is 11.5. The number of hydrogen-bond donors (Lipinski definition) is 2. The maximum absolute atomic E-state index is 11.7. The van der Waals surface area contributed by atoms with E-state index in [4.69, 9.17) is 0 Å². The average Bonchev–Trinajstić information content (AvgIpc) is 2.86. The fourth-order valence-electron chi connectivity index (χ4n) is 2.26. The molecule has 88 valence electrons. The predicted octanol–water partition coefficient (Wildman–Crippen LogP) is 0.253. The van der Waals surface area contributed by atoms with Gasteiger partial charge in [-0.1, -0.05) is 0 Å². The van der Waals surface area contributed by atoms with Gasteiger partial charge in [0.05, 0.1) is 12.7 Å². The summed E-state index contributed by atoms with van der Waals surface area (Å²) in [5, 5.41) is 9.96. The number of nitrogens with zero attached hydrogens (tertiary/aromatic N) is 2. The molecule has 0 aromatic carbocycles. The van der Waals surface area contributed by atoms with Gasteiger partial charge in [-0.3, -0.25) is 9.89 Å². The van der Waals surface area contributed by atoms with Gasteiger partial charge in [0.15, 0.2) is 0 Å². The highest BCUT2D eigenvalue weighted by atomic mass is 16.2. The van der Waals surface area contributed by atoms with Gasteiger partial charge in [-0.2, -0.15) is 5.10 Å². The number of amides is 1. The summed E-state index contributed by atoms with van der Waals surface area (Å²) in [6.45, 7) is 4.14. The molecule has 5 heteroatoms. The average molecular weight is 222 g/mol. The Balaban J connectivity index is 1.98. The van der Waals surface area contributed by atoms with E-state index in [-0.39, 0.29) is 5.91 Å². The van der Waals surface area contributed by atoms with Gasteiger partial charge in [-0.05, 0) is 26.0 Å². The number of H-pyrrole nitrogens is 1. The fourth-order valence-corrected chi connectivity index (χ4v) is 2.26. The summed E-state index contributed by atoms with van der Waals surface area (Å²) in [6, 6.07) is 0. The SMILES string of the molecule is CNCC(=O)N1CCC(c2[nH]ncc2C)C1. The van der Waals surface area contributed by atoms with Gasteiger partial charge in [-0.25, -0.2) is 0 Å². The first-order chi connectivity index (χ1) is 7.72. The quantitative estimate of drug-likeness (QED) is 0.771. The number of nitrogens with one attached hydrogen (secondary N) is 2. The van der Waals surface area contributed by atoms with Crippen LogP contribution in [0.4, 0.5) is 0 Å². The van der Waals surface area contributed by atoms with Crippen LogP contribution in [-0.4, -0.2) is 47.7 Å². The Morgan fingerprint density at radius 3 is 3.19 bits per heavy atom. The van der Waals surface area contributed by atoms with Gasteiger partial charge >= 0.3 is 0 Å². The van der Waals surface area contributed by atoms with E-state index in [1.807, 2.05) is 11.1 Å². The Morgan fingerprint density at radius 1 is 1.75 bits per heavy atom. The minimum absolute atomic E-state index is 0.183. The monoisotopic (exact) mass is 222 g/mol. The van der Waals surface area contributed by atoms with E-state index in [0.717, 1.165) is 19.5 Å². The summed E-state index contributed by atoms with van der Waals surface area (Å²) in [6.07, 6.45) is 2.87. The minimum atomic E-state index is 0.183. The summed E-state index contributed by atoms with van der Waals surface area (Å²) < 4.78 is 0. The molecule has 1 aromatic heterocycles. The molecule has 1 amide bonds. The highest BCUT2D eigenvalue weighted by Gasteiger charge is 2.28. The van der Waals surface area contributed by atoms with Crippen molar-refractivity contribution < 1.29 is 4.79 Å². The number of aromatic nitrogens is 2. The molecule has 1 aromatic rings. The lowest BCUT2D eigenvalue weighted by atomic mass is 10.0. The third kappa shape index (κ3) is 2.09. The van der Waals surface area contributed by atoms with Crippen molar-refractivity contribution in [3.63, 3.8) is 0 Å². The lowest BCUT2D eigenvalue weighted by Gasteiger charge is -2.16. The molecule has 0 radical (unpaired) electrons. The van der Waals surface area contributed by atoms with Crippen LogP contribution in [0.25, 0.3) is 0 Å². The van der Waals surface area contributed by atoms with Gasteiger partial charge in [0, 0.05) is 24.7 Å². The highest BCUT2D eigenvalue weighted by molar-refractivity contribution is 5.78. The number of aromatic amines is 1. The molecule has 2 N–H and O–H groups in total. The third-order valence-corrected chi connectivity index (χ3v) is 3.15. The Labute approximate surface area is 95.2 Å². The maximum atomic E-state index is 11.7. The molecule has 0 aliphatic carbocycles. The molecule has 0 bridgehead atoms. The Morgan fingerprint density at radius 2 is 2.56 bits per heavy atom. The van der Waals surface area contributed by atoms with Crippen molar-refractivity contribution in [3.8, 4) is 0 Å². The normalized spacial score (nSPS) is 20.4. The molecule has 1 atom stereocenters. The van der Waals surface area contributed by atoms with Crippen molar-refractivity contribution in [2.75, 3.05) is 26.7 Å². The number of carbonyl (C=O) groups is 1. The van der Waals surface area contributed by atoms with Crippen LogP contribution in [0, 0.1) is 6.92 Å². The lowest BCUT2D eigenvalue weighted by Crippen LogP contribution is -2.35. The van der Waals surface area contributed by atoms with Crippen LogP contribution in [0.15, 0.2) is 6.20 Å². The van der Waals surface area contributed by atoms with Crippen molar-refractivity contribution >= 4 is 5.91 Å². The van der Waals surface area contributed by atoms with Crippen molar-refractivity contribution in [2.24, 2.45) is 0 Å². The van der Waals surface area contributed by atoms with Crippen LogP contribution in [0.3, 0.4) is 0 Å². The first-order valence-electron chi connectivity index (χ1n) is 5.64. The zero-order valence-electron chi connectivity index (χ0n) is 9.79. The number of aryl methyl sites for hydroxylation is 1. The molecule has 1 aliphatic rings. The van der Waals surface area contributed by atoms with Crippen molar-refractivity contribution in [3.05, 3.63) is 17.5 Å².